The first kappa shape index (κ1) is 14.0. The average molecular weight is 243 g/mol. The molecule has 0 aliphatic carbocycles. The summed E-state index contributed by atoms with van der Waals surface area (Å²) in [5, 5.41) is 0. The van der Waals surface area contributed by atoms with Gasteiger partial charge in [-0.2, -0.15) is 0 Å². The number of nitrogens with zero attached hydrogens (tertiary/aromatic N) is 1. The largest absolute Gasteiger partial charge is 0.468 e. The number of rotatable bonds is 3. The lowest BCUT2D eigenvalue weighted by molar-refractivity contribution is -0.161. The maximum Gasteiger partial charge on any atom is 0.323 e. The summed E-state index contributed by atoms with van der Waals surface area (Å²) in [6.07, 6.45) is 1.65. The van der Waals surface area contributed by atoms with Crippen molar-refractivity contribution in [1.29, 1.82) is 0 Å². The van der Waals surface area contributed by atoms with Gasteiger partial charge in [0.15, 0.2) is 0 Å². The molecule has 1 atom stereocenters. The van der Waals surface area contributed by atoms with E-state index in [2.05, 4.69) is 4.74 Å². The van der Waals surface area contributed by atoms with Crippen molar-refractivity contribution in [2.45, 2.75) is 45.3 Å². The smallest absolute Gasteiger partial charge is 0.323 e. The number of hydrogen-bond donors (Lipinski definition) is 0. The Kier molecular flexibility index (Phi) is 4.51. The lowest BCUT2D eigenvalue weighted by Gasteiger charge is -2.26. The fourth-order valence-corrected chi connectivity index (χ4v) is 1.88. The molecular formula is C12H21NO4. The first-order chi connectivity index (χ1) is 7.83. The molecule has 0 aromatic heterocycles. The molecule has 1 saturated heterocycles. The minimum atomic E-state index is -0.489. The van der Waals surface area contributed by atoms with E-state index < -0.39 is 5.60 Å². The highest BCUT2D eigenvalue weighted by atomic mass is 16.6. The van der Waals surface area contributed by atoms with Crippen molar-refractivity contribution in [3.8, 4) is 0 Å². The molecular weight excluding hydrogens is 222 g/mol. The van der Waals surface area contributed by atoms with E-state index in [-0.39, 0.29) is 24.5 Å². The molecule has 0 spiro atoms. The second-order valence-electron chi connectivity index (χ2n) is 5.24. The van der Waals surface area contributed by atoms with Crippen LogP contribution in [-0.4, -0.2) is 48.7 Å². The van der Waals surface area contributed by atoms with E-state index in [0.29, 0.717) is 0 Å². The minimum Gasteiger partial charge on any atom is -0.468 e. The van der Waals surface area contributed by atoms with E-state index in [1.165, 1.54) is 7.11 Å². The summed E-state index contributed by atoms with van der Waals surface area (Å²) < 4.78 is 9.94. The van der Waals surface area contributed by atoms with Gasteiger partial charge in [-0.15, -0.1) is 0 Å². The van der Waals surface area contributed by atoms with Crippen molar-refractivity contribution < 1.29 is 19.1 Å². The summed E-state index contributed by atoms with van der Waals surface area (Å²) >= 11 is 0. The Morgan fingerprint density at radius 2 is 2.00 bits per heavy atom. The van der Waals surface area contributed by atoms with Gasteiger partial charge in [0.1, 0.15) is 11.6 Å². The summed E-state index contributed by atoms with van der Waals surface area (Å²) in [6.45, 7) is 6.40. The van der Waals surface area contributed by atoms with E-state index in [9.17, 15) is 9.59 Å². The van der Waals surface area contributed by atoms with Crippen LogP contribution in [0.1, 0.15) is 33.6 Å². The van der Waals surface area contributed by atoms with Crippen molar-refractivity contribution >= 4 is 11.9 Å². The fourth-order valence-electron chi connectivity index (χ4n) is 1.88. The molecule has 1 aliphatic heterocycles. The third-order valence-corrected chi connectivity index (χ3v) is 2.60. The topological polar surface area (TPSA) is 55.8 Å². The highest BCUT2D eigenvalue weighted by Crippen LogP contribution is 2.20. The monoisotopic (exact) mass is 243 g/mol. The van der Waals surface area contributed by atoms with Crippen molar-refractivity contribution in [3.63, 3.8) is 0 Å². The van der Waals surface area contributed by atoms with Crippen LogP contribution < -0.4 is 0 Å². The molecule has 1 heterocycles. The second-order valence-corrected chi connectivity index (χ2v) is 5.24. The predicted octanol–water partition coefficient (Wildman–Crippen LogP) is 0.965. The van der Waals surface area contributed by atoms with Crippen LogP contribution in [0.15, 0.2) is 0 Å². The molecule has 0 bridgehead atoms. The van der Waals surface area contributed by atoms with Gasteiger partial charge in [0, 0.05) is 0 Å². The van der Waals surface area contributed by atoms with Gasteiger partial charge in [-0.3, -0.25) is 14.5 Å². The van der Waals surface area contributed by atoms with Crippen LogP contribution in [0.4, 0.5) is 0 Å². The summed E-state index contributed by atoms with van der Waals surface area (Å²) in [7, 11) is 1.35. The normalized spacial score (nSPS) is 21.3. The van der Waals surface area contributed by atoms with Crippen LogP contribution in [0.3, 0.4) is 0 Å². The van der Waals surface area contributed by atoms with E-state index in [4.69, 9.17) is 4.74 Å². The number of likely N-dealkylation sites (tertiary alicyclic amines) is 1. The molecule has 0 unspecified atom stereocenters. The van der Waals surface area contributed by atoms with E-state index >= 15 is 0 Å². The Hall–Kier alpha value is -1.10. The molecule has 17 heavy (non-hydrogen) atoms. The van der Waals surface area contributed by atoms with E-state index in [0.717, 1.165) is 19.4 Å². The maximum atomic E-state index is 11.9. The molecule has 0 aromatic carbocycles. The van der Waals surface area contributed by atoms with Gasteiger partial charge < -0.3 is 9.47 Å². The number of hydrogen-bond acceptors (Lipinski definition) is 5. The lowest BCUT2D eigenvalue weighted by atomic mass is 10.1. The van der Waals surface area contributed by atoms with Gasteiger partial charge in [-0.1, -0.05) is 0 Å². The molecule has 0 radical (unpaired) electrons. The molecule has 0 saturated carbocycles. The van der Waals surface area contributed by atoms with Crippen molar-refractivity contribution in [2.24, 2.45) is 0 Å². The van der Waals surface area contributed by atoms with E-state index in [1.807, 2.05) is 25.7 Å². The van der Waals surface area contributed by atoms with Gasteiger partial charge in [-0.25, -0.2) is 0 Å². The van der Waals surface area contributed by atoms with Crippen molar-refractivity contribution in [3.05, 3.63) is 0 Å². The Labute approximate surface area is 102 Å². The molecule has 5 heteroatoms. The highest BCUT2D eigenvalue weighted by Gasteiger charge is 2.35. The molecule has 98 valence electrons. The number of esters is 2. The summed E-state index contributed by atoms with van der Waals surface area (Å²) in [5.74, 6) is -0.570. The Bertz CT molecular complexity index is 295. The maximum absolute atomic E-state index is 11.9. The van der Waals surface area contributed by atoms with Gasteiger partial charge in [0.05, 0.1) is 13.7 Å². The van der Waals surface area contributed by atoms with Crippen LogP contribution in [-0.2, 0) is 19.1 Å². The number of ether oxygens (including phenoxy) is 2. The Morgan fingerprint density at radius 1 is 1.35 bits per heavy atom. The van der Waals surface area contributed by atoms with Gasteiger partial charge in [0.25, 0.3) is 0 Å². The summed E-state index contributed by atoms with van der Waals surface area (Å²) in [6, 6.07) is -0.312. The van der Waals surface area contributed by atoms with Gasteiger partial charge >= 0.3 is 11.9 Å². The molecule has 1 rings (SSSR count). The first-order valence-electron chi connectivity index (χ1n) is 5.87. The molecule has 1 aliphatic rings. The minimum absolute atomic E-state index is 0.153. The van der Waals surface area contributed by atoms with Crippen LogP contribution in [0, 0.1) is 0 Å². The van der Waals surface area contributed by atoms with Crippen LogP contribution in [0.25, 0.3) is 0 Å². The van der Waals surface area contributed by atoms with E-state index in [1.54, 1.807) is 0 Å². The fraction of sp³-hybridized carbons (Fsp3) is 0.833. The molecule has 0 N–H and O–H groups in total. The van der Waals surface area contributed by atoms with Crippen LogP contribution in [0.2, 0.25) is 0 Å². The zero-order chi connectivity index (χ0) is 13.1. The molecule has 0 aromatic rings. The molecule has 1 fully saturated rings. The van der Waals surface area contributed by atoms with Crippen molar-refractivity contribution in [1.82, 2.24) is 4.90 Å². The predicted molar refractivity (Wildman–Crippen MR) is 62.5 cm³/mol. The number of methoxy groups -OCH3 is 1. The average Bonchev–Trinajstić information content (AvgIpc) is 2.63. The Balaban J connectivity index is 2.57. The third-order valence-electron chi connectivity index (χ3n) is 2.60. The quantitative estimate of drug-likeness (QED) is 0.691. The zero-order valence-corrected chi connectivity index (χ0v) is 11.0. The van der Waals surface area contributed by atoms with Gasteiger partial charge in [-0.05, 0) is 40.2 Å². The third kappa shape index (κ3) is 4.34. The Morgan fingerprint density at radius 3 is 2.53 bits per heavy atom. The summed E-state index contributed by atoms with van der Waals surface area (Å²) in [5.41, 5.74) is -0.489. The zero-order valence-electron chi connectivity index (χ0n) is 11.0. The van der Waals surface area contributed by atoms with Crippen LogP contribution in [0.5, 0.6) is 0 Å². The van der Waals surface area contributed by atoms with Gasteiger partial charge in [0.2, 0.25) is 0 Å². The highest BCUT2D eigenvalue weighted by molar-refractivity contribution is 5.78. The second kappa shape index (κ2) is 5.49. The lowest BCUT2D eigenvalue weighted by Crippen LogP contribution is -2.42. The molecule has 0 amide bonds. The molecule has 5 nitrogen and oxygen atoms in total. The first-order valence-corrected chi connectivity index (χ1v) is 5.87. The van der Waals surface area contributed by atoms with Crippen LogP contribution >= 0.6 is 0 Å². The summed E-state index contributed by atoms with van der Waals surface area (Å²) in [4.78, 5) is 24.9. The SMILES string of the molecule is COC(=O)CN1CCC[C@@H]1C(=O)OC(C)(C)C. The van der Waals surface area contributed by atoms with Crippen molar-refractivity contribution in [2.75, 3.05) is 20.2 Å². The number of carbonyl (C=O) groups is 2. The number of carbonyl (C=O) groups excluding carboxylic acids is 2. The standard InChI is InChI=1S/C12H21NO4/c1-12(2,3)17-11(15)9-6-5-7-13(9)8-10(14)16-4/h9H,5-8H2,1-4H3/t9-/m1/s1.